The van der Waals surface area contributed by atoms with Gasteiger partial charge in [-0.3, -0.25) is 10.3 Å². The molecule has 190 valence electrons. The predicted octanol–water partition coefficient (Wildman–Crippen LogP) is 7.11. The zero-order valence-electron chi connectivity index (χ0n) is 21.1. The molecular formula is C29H31N5O3. The van der Waals surface area contributed by atoms with Crippen LogP contribution in [0.2, 0.25) is 0 Å². The van der Waals surface area contributed by atoms with Crippen LogP contribution >= 0.6 is 0 Å². The van der Waals surface area contributed by atoms with Crippen LogP contribution in [0.15, 0.2) is 54.9 Å². The lowest BCUT2D eigenvalue weighted by atomic mass is 10.0. The van der Waals surface area contributed by atoms with Crippen LogP contribution in [0.3, 0.4) is 0 Å². The Balaban J connectivity index is 0.000000572. The number of carboxylic acid groups (broad SMARTS) is 1. The van der Waals surface area contributed by atoms with E-state index in [0.29, 0.717) is 34.6 Å². The van der Waals surface area contributed by atoms with Gasteiger partial charge in [-0.1, -0.05) is 38.3 Å². The lowest BCUT2D eigenvalue weighted by molar-refractivity contribution is 0.209. The van der Waals surface area contributed by atoms with E-state index < -0.39 is 6.09 Å². The Morgan fingerprint density at radius 1 is 1.14 bits per heavy atom. The highest BCUT2D eigenvalue weighted by Crippen LogP contribution is 2.35. The van der Waals surface area contributed by atoms with Gasteiger partial charge in [0.15, 0.2) is 0 Å². The van der Waals surface area contributed by atoms with E-state index in [2.05, 4.69) is 33.6 Å². The number of nitrogens with one attached hydrogen (secondary N) is 2. The molecule has 37 heavy (non-hydrogen) atoms. The maximum atomic E-state index is 10.8. The van der Waals surface area contributed by atoms with E-state index in [9.17, 15) is 10.1 Å². The molecule has 0 spiro atoms. The van der Waals surface area contributed by atoms with E-state index >= 15 is 0 Å². The van der Waals surface area contributed by atoms with Gasteiger partial charge in [0.05, 0.1) is 17.3 Å². The van der Waals surface area contributed by atoms with Crippen LogP contribution in [0.4, 0.5) is 16.2 Å². The van der Waals surface area contributed by atoms with Gasteiger partial charge in [-0.2, -0.15) is 5.26 Å². The fourth-order valence-corrected chi connectivity index (χ4v) is 3.64. The van der Waals surface area contributed by atoms with Crippen molar-refractivity contribution in [1.29, 1.82) is 5.26 Å². The number of rotatable bonds is 8. The lowest BCUT2D eigenvalue weighted by Gasteiger charge is -2.14. The van der Waals surface area contributed by atoms with Gasteiger partial charge < -0.3 is 15.2 Å². The van der Waals surface area contributed by atoms with Crippen molar-refractivity contribution >= 4 is 29.1 Å². The van der Waals surface area contributed by atoms with Gasteiger partial charge in [0.1, 0.15) is 5.75 Å². The molecule has 0 aliphatic heterocycles. The van der Waals surface area contributed by atoms with E-state index in [1.54, 1.807) is 48.8 Å². The zero-order valence-corrected chi connectivity index (χ0v) is 21.1. The molecule has 3 aromatic rings. The summed E-state index contributed by atoms with van der Waals surface area (Å²) in [5.74, 6) is 2.17. The minimum atomic E-state index is -1.12. The highest BCUT2D eigenvalue weighted by Gasteiger charge is 2.23. The van der Waals surface area contributed by atoms with E-state index in [1.165, 1.54) is 19.3 Å². The molecular weight excluding hydrogens is 466 g/mol. The Morgan fingerprint density at radius 3 is 2.43 bits per heavy atom. The molecule has 0 unspecified atom stereocenters. The number of ether oxygens (including phenoxy) is 1. The summed E-state index contributed by atoms with van der Waals surface area (Å²) >= 11 is 0. The number of carbonyl (C=O) groups is 1. The topological polar surface area (TPSA) is 120 Å². The van der Waals surface area contributed by atoms with Crippen molar-refractivity contribution in [2.75, 3.05) is 10.6 Å². The van der Waals surface area contributed by atoms with Gasteiger partial charge in [0.2, 0.25) is 5.88 Å². The Labute approximate surface area is 217 Å². The number of nitriles is 1. The van der Waals surface area contributed by atoms with Crippen LogP contribution < -0.4 is 15.4 Å². The molecule has 2 saturated carbocycles. The third-order valence-electron chi connectivity index (χ3n) is 6.14. The molecule has 8 heteroatoms. The van der Waals surface area contributed by atoms with Crippen molar-refractivity contribution in [1.82, 2.24) is 9.97 Å². The molecule has 2 aliphatic rings. The van der Waals surface area contributed by atoms with Crippen LogP contribution in [-0.2, 0) is 0 Å². The molecule has 8 nitrogen and oxygen atoms in total. The normalized spacial score (nSPS) is 14.6. The van der Waals surface area contributed by atoms with Crippen LogP contribution in [0.1, 0.15) is 55.8 Å². The van der Waals surface area contributed by atoms with E-state index in [0.717, 1.165) is 35.6 Å². The van der Waals surface area contributed by atoms with Crippen molar-refractivity contribution in [2.45, 2.75) is 52.0 Å². The minimum absolute atomic E-state index is 0.378. The van der Waals surface area contributed by atoms with Crippen molar-refractivity contribution in [3.05, 3.63) is 71.7 Å². The molecule has 1 aromatic heterocycles. The fourth-order valence-electron chi connectivity index (χ4n) is 3.64. The highest BCUT2D eigenvalue weighted by molar-refractivity contribution is 5.94. The summed E-state index contributed by atoms with van der Waals surface area (Å²) in [6, 6.07) is 15.0. The van der Waals surface area contributed by atoms with Gasteiger partial charge in [-0.25, -0.2) is 9.78 Å². The van der Waals surface area contributed by atoms with E-state index in [-0.39, 0.29) is 0 Å². The number of nitrogens with zero attached hydrogens (tertiary/aromatic N) is 3. The summed E-state index contributed by atoms with van der Waals surface area (Å²) in [6.07, 6.45) is 10.4. The number of amides is 1. The average molecular weight is 498 g/mol. The van der Waals surface area contributed by atoms with Crippen molar-refractivity contribution in [2.24, 2.45) is 5.92 Å². The quantitative estimate of drug-likeness (QED) is 0.224. The summed E-state index contributed by atoms with van der Waals surface area (Å²) in [7, 11) is 0. The van der Waals surface area contributed by atoms with Gasteiger partial charge in [0.25, 0.3) is 0 Å². The number of aryl methyl sites for hydroxylation is 1. The predicted molar refractivity (Wildman–Crippen MR) is 145 cm³/mol. The van der Waals surface area contributed by atoms with Crippen molar-refractivity contribution < 1.29 is 14.6 Å². The molecule has 0 atom stereocenters. The number of anilines is 2. The molecule has 0 radical (unpaired) electrons. The molecule has 0 saturated heterocycles. The second-order valence-corrected chi connectivity index (χ2v) is 9.25. The first-order valence-electron chi connectivity index (χ1n) is 12.5. The average Bonchev–Trinajstić information content (AvgIpc) is 3.81. The third kappa shape index (κ3) is 7.80. The Kier molecular flexibility index (Phi) is 8.37. The molecule has 1 heterocycles. The first-order chi connectivity index (χ1) is 17.9. The maximum Gasteiger partial charge on any atom is 0.409 e. The monoisotopic (exact) mass is 497 g/mol. The maximum absolute atomic E-state index is 10.8. The largest absolute Gasteiger partial charge is 0.465 e. The van der Waals surface area contributed by atoms with E-state index in [1.807, 2.05) is 19.1 Å². The van der Waals surface area contributed by atoms with Crippen molar-refractivity contribution in [3.8, 4) is 17.7 Å². The SMILES string of the molecule is CCC1CC1.Cc1nccnc1Oc1ccc(/C(C#N)=C/c2ccc(NC(=O)O)cc2)c(NC2CC2)c1. The van der Waals surface area contributed by atoms with Crippen molar-refractivity contribution in [3.63, 3.8) is 0 Å². The second kappa shape index (κ2) is 12.0. The summed E-state index contributed by atoms with van der Waals surface area (Å²) in [6.45, 7) is 4.09. The third-order valence-corrected chi connectivity index (χ3v) is 6.14. The molecule has 2 fully saturated rings. The number of benzene rings is 2. The molecule has 3 N–H and O–H groups in total. The number of allylic oxidation sites excluding steroid dienone is 1. The summed E-state index contributed by atoms with van der Waals surface area (Å²) in [5.41, 5.74) is 3.98. The smallest absolute Gasteiger partial charge is 0.409 e. The summed E-state index contributed by atoms with van der Waals surface area (Å²) < 4.78 is 5.91. The first kappa shape index (κ1) is 25.7. The Bertz CT molecular complexity index is 1310. The summed E-state index contributed by atoms with van der Waals surface area (Å²) in [4.78, 5) is 19.2. The van der Waals surface area contributed by atoms with E-state index in [4.69, 9.17) is 9.84 Å². The second-order valence-electron chi connectivity index (χ2n) is 9.25. The number of aromatic nitrogens is 2. The van der Waals surface area contributed by atoms with Gasteiger partial charge in [-0.05, 0) is 61.6 Å². The molecule has 2 aromatic carbocycles. The molecule has 1 amide bonds. The van der Waals surface area contributed by atoms with Gasteiger partial charge >= 0.3 is 6.09 Å². The van der Waals surface area contributed by atoms with Crippen LogP contribution in [0.5, 0.6) is 11.6 Å². The highest BCUT2D eigenvalue weighted by atomic mass is 16.5. The first-order valence-corrected chi connectivity index (χ1v) is 12.5. The van der Waals surface area contributed by atoms with Gasteiger partial charge in [0, 0.05) is 41.4 Å². The lowest BCUT2D eigenvalue weighted by Crippen LogP contribution is -2.06. The van der Waals surface area contributed by atoms with Crippen LogP contribution in [-0.4, -0.2) is 27.2 Å². The molecule has 5 rings (SSSR count). The molecule has 0 bridgehead atoms. The number of hydrogen-bond donors (Lipinski definition) is 3. The standard InChI is InChI=1S/C24H21N5O3.C5H10/c1-15-23(27-11-10-26-15)32-20-8-9-21(22(13-20)28-18-6-7-18)17(14-25)12-16-2-4-19(5-3-16)29-24(30)31;1-2-5-3-4-5/h2-5,8-13,18,28-29H,6-7H2,1H3,(H,30,31);5H,2-4H2,1H3/b17-12+;. The van der Waals surface area contributed by atoms with Gasteiger partial charge in [-0.15, -0.1) is 0 Å². The zero-order chi connectivity index (χ0) is 26.2. The Morgan fingerprint density at radius 2 is 1.86 bits per heavy atom. The minimum Gasteiger partial charge on any atom is -0.465 e. The van der Waals surface area contributed by atoms with Crippen LogP contribution in [0.25, 0.3) is 11.6 Å². The number of hydrogen-bond acceptors (Lipinski definition) is 6. The van der Waals surface area contributed by atoms with Crippen LogP contribution in [0, 0.1) is 24.2 Å². The fraction of sp³-hybridized carbons (Fsp3) is 0.310. The Hall–Kier alpha value is -4.38. The molecule has 2 aliphatic carbocycles. The summed E-state index contributed by atoms with van der Waals surface area (Å²) in [5, 5.41) is 24.4.